The molecule has 0 fully saturated rings. The Hall–Kier alpha value is -2.54. The highest BCUT2D eigenvalue weighted by atomic mass is 79.9. The zero-order valence-electron chi connectivity index (χ0n) is 13.2. The van der Waals surface area contributed by atoms with Crippen molar-refractivity contribution in [3.8, 4) is 0 Å². The van der Waals surface area contributed by atoms with Crippen molar-refractivity contribution in [2.24, 2.45) is 0 Å². The first-order chi connectivity index (χ1) is 12.0. The van der Waals surface area contributed by atoms with Crippen LogP contribution in [0, 0.1) is 18.6 Å². The Bertz CT molecular complexity index is 962. The Morgan fingerprint density at radius 1 is 1.12 bits per heavy atom. The monoisotopic (exact) mass is 405 g/mol. The van der Waals surface area contributed by atoms with E-state index in [0.29, 0.717) is 11.4 Å². The summed E-state index contributed by atoms with van der Waals surface area (Å²) in [5.74, 6) is -1.52. The lowest BCUT2D eigenvalue weighted by atomic mass is 10.1. The average Bonchev–Trinajstić information content (AvgIpc) is 2.59. The van der Waals surface area contributed by atoms with Gasteiger partial charge in [0.25, 0.3) is 0 Å². The highest BCUT2D eigenvalue weighted by Crippen LogP contribution is 2.26. The van der Waals surface area contributed by atoms with Crippen LogP contribution in [0.4, 0.5) is 20.2 Å². The molecule has 1 aromatic heterocycles. The summed E-state index contributed by atoms with van der Waals surface area (Å²) < 4.78 is 28.7. The molecule has 0 aliphatic heterocycles. The van der Waals surface area contributed by atoms with Gasteiger partial charge in [-0.2, -0.15) is 0 Å². The fourth-order valence-electron chi connectivity index (χ4n) is 2.48. The van der Waals surface area contributed by atoms with Gasteiger partial charge in [-0.1, -0.05) is 15.9 Å². The van der Waals surface area contributed by atoms with Crippen LogP contribution in [0.5, 0.6) is 0 Å². The van der Waals surface area contributed by atoms with E-state index in [4.69, 9.17) is 0 Å². The molecule has 0 spiro atoms. The quantitative estimate of drug-likeness (QED) is 0.664. The number of rotatable bonds is 4. The summed E-state index contributed by atoms with van der Waals surface area (Å²) in [7, 11) is 0. The van der Waals surface area contributed by atoms with Gasteiger partial charge in [-0.05, 0) is 48.9 Å². The van der Waals surface area contributed by atoms with Gasteiger partial charge in [0.15, 0.2) is 0 Å². The van der Waals surface area contributed by atoms with Crippen molar-refractivity contribution in [1.29, 1.82) is 0 Å². The molecule has 128 valence electrons. The second-order valence-electron chi connectivity index (χ2n) is 5.47. The van der Waals surface area contributed by atoms with E-state index in [0.717, 1.165) is 22.2 Å². The zero-order valence-corrected chi connectivity index (χ0v) is 14.8. The van der Waals surface area contributed by atoms with Crippen molar-refractivity contribution in [2.75, 3.05) is 17.2 Å². The largest absolute Gasteiger partial charge is 0.375 e. The van der Waals surface area contributed by atoms with Gasteiger partial charge in [-0.3, -0.25) is 9.78 Å². The number of benzene rings is 2. The lowest BCUT2D eigenvalue weighted by Crippen LogP contribution is -2.22. The highest BCUT2D eigenvalue weighted by Gasteiger charge is 2.12. The van der Waals surface area contributed by atoms with Crippen LogP contribution in [0.1, 0.15) is 5.56 Å². The third-order valence-corrected chi connectivity index (χ3v) is 4.19. The molecule has 1 amide bonds. The second kappa shape index (κ2) is 7.14. The third-order valence-electron chi connectivity index (χ3n) is 3.69. The van der Waals surface area contributed by atoms with Crippen LogP contribution in [0.15, 0.2) is 47.1 Å². The van der Waals surface area contributed by atoms with E-state index in [-0.39, 0.29) is 23.4 Å². The van der Waals surface area contributed by atoms with Crippen molar-refractivity contribution in [2.45, 2.75) is 6.92 Å². The number of nitrogens with zero attached hydrogens (tertiary/aromatic N) is 1. The van der Waals surface area contributed by atoms with E-state index in [9.17, 15) is 13.6 Å². The van der Waals surface area contributed by atoms with E-state index in [2.05, 4.69) is 31.5 Å². The Balaban J connectivity index is 1.76. The summed E-state index contributed by atoms with van der Waals surface area (Å²) in [6.45, 7) is 1.78. The minimum Gasteiger partial charge on any atom is -0.375 e. The molecule has 0 aliphatic rings. The van der Waals surface area contributed by atoms with Crippen LogP contribution < -0.4 is 10.6 Å². The number of aryl methyl sites for hydroxylation is 1. The highest BCUT2D eigenvalue weighted by molar-refractivity contribution is 9.10. The van der Waals surface area contributed by atoms with Crippen LogP contribution >= 0.6 is 15.9 Å². The molecule has 1 heterocycles. The lowest BCUT2D eigenvalue weighted by molar-refractivity contribution is -0.114. The van der Waals surface area contributed by atoms with E-state index < -0.39 is 11.6 Å². The fourth-order valence-corrected chi connectivity index (χ4v) is 2.95. The predicted octanol–water partition coefficient (Wildman–Crippen LogP) is 4.63. The van der Waals surface area contributed by atoms with Crippen molar-refractivity contribution < 1.29 is 13.6 Å². The smallest absolute Gasteiger partial charge is 0.243 e. The Labute approximate surface area is 151 Å². The number of hydrogen-bond acceptors (Lipinski definition) is 3. The maximum atomic E-state index is 14.0. The Morgan fingerprint density at radius 3 is 2.64 bits per heavy atom. The van der Waals surface area contributed by atoms with Gasteiger partial charge in [-0.15, -0.1) is 0 Å². The number of fused-ring (bicyclic) bond motifs is 1. The molecule has 0 saturated carbocycles. The maximum Gasteiger partial charge on any atom is 0.243 e. The molecule has 3 aromatic rings. The number of carbonyl (C=O) groups excluding carboxylic acids is 1. The predicted molar refractivity (Wildman–Crippen MR) is 97.7 cm³/mol. The van der Waals surface area contributed by atoms with Crippen molar-refractivity contribution in [3.05, 3.63) is 64.3 Å². The minimum absolute atomic E-state index is 0.0233. The second-order valence-corrected chi connectivity index (χ2v) is 6.39. The molecule has 0 aliphatic carbocycles. The molecule has 0 unspecified atom stereocenters. The standard InChI is InChI=1S/C18H14BrF2N3O/c1-10-8-11(19)2-5-14(10)24-16(25)9-23-15-6-7-22-18-13(21)4-3-12(20)17(15)18/h2-8H,9H2,1H3,(H,22,23)(H,24,25). The SMILES string of the molecule is Cc1cc(Br)ccc1NC(=O)CNc1ccnc2c(F)ccc(F)c12. The first-order valence-electron chi connectivity index (χ1n) is 7.48. The molecule has 0 radical (unpaired) electrons. The van der Waals surface area contributed by atoms with Gasteiger partial charge in [0, 0.05) is 22.0 Å². The number of anilines is 2. The van der Waals surface area contributed by atoms with Crippen LogP contribution in [0.25, 0.3) is 10.9 Å². The maximum absolute atomic E-state index is 14.0. The summed E-state index contributed by atoms with van der Waals surface area (Å²) in [5, 5.41) is 5.64. The lowest BCUT2D eigenvalue weighted by Gasteiger charge is -2.12. The van der Waals surface area contributed by atoms with Crippen LogP contribution in [-0.2, 0) is 4.79 Å². The number of amides is 1. The molecule has 3 rings (SSSR count). The van der Waals surface area contributed by atoms with Gasteiger partial charge < -0.3 is 10.6 Å². The molecule has 0 saturated heterocycles. The van der Waals surface area contributed by atoms with Crippen molar-refractivity contribution >= 4 is 44.1 Å². The molecular formula is C18H14BrF2N3O. The van der Waals surface area contributed by atoms with Crippen LogP contribution in [-0.4, -0.2) is 17.4 Å². The van der Waals surface area contributed by atoms with E-state index >= 15 is 0 Å². The molecule has 0 bridgehead atoms. The van der Waals surface area contributed by atoms with E-state index in [1.165, 1.54) is 12.3 Å². The van der Waals surface area contributed by atoms with Crippen molar-refractivity contribution in [3.63, 3.8) is 0 Å². The number of hydrogen-bond donors (Lipinski definition) is 2. The third kappa shape index (κ3) is 3.76. The summed E-state index contributed by atoms with van der Waals surface area (Å²) in [6.07, 6.45) is 1.37. The number of aromatic nitrogens is 1. The van der Waals surface area contributed by atoms with E-state index in [1.54, 1.807) is 6.07 Å². The molecule has 7 heteroatoms. The number of halogens is 3. The van der Waals surface area contributed by atoms with Gasteiger partial charge >= 0.3 is 0 Å². The first-order valence-corrected chi connectivity index (χ1v) is 8.27. The van der Waals surface area contributed by atoms with Crippen LogP contribution in [0.3, 0.4) is 0 Å². The number of carbonyl (C=O) groups is 1. The summed E-state index contributed by atoms with van der Waals surface area (Å²) in [5.41, 5.74) is 1.83. The fraction of sp³-hybridized carbons (Fsp3) is 0.111. The minimum atomic E-state index is -0.616. The summed E-state index contributed by atoms with van der Waals surface area (Å²) in [4.78, 5) is 16.0. The first kappa shape index (κ1) is 17.3. The summed E-state index contributed by atoms with van der Waals surface area (Å²) >= 11 is 3.36. The van der Waals surface area contributed by atoms with Gasteiger partial charge in [0.2, 0.25) is 5.91 Å². The van der Waals surface area contributed by atoms with E-state index in [1.807, 2.05) is 19.1 Å². The zero-order chi connectivity index (χ0) is 18.0. The normalized spacial score (nSPS) is 10.7. The molecule has 2 aromatic carbocycles. The van der Waals surface area contributed by atoms with Crippen molar-refractivity contribution in [1.82, 2.24) is 4.98 Å². The molecule has 2 N–H and O–H groups in total. The van der Waals surface area contributed by atoms with Gasteiger partial charge in [0.05, 0.1) is 11.9 Å². The Morgan fingerprint density at radius 2 is 1.88 bits per heavy atom. The Kier molecular flexibility index (Phi) is 4.94. The average molecular weight is 406 g/mol. The molecule has 4 nitrogen and oxygen atoms in total. The summed E-state index contributed by atoms with van der Waals surface area (Å²) in [6, 6.07) is 9.06. The molecule has 0 atom stereocenters. The van der Waals surface area contributed by atoms with Gasteiger partial charge in [-0.25, -0.2) is 8.78 Å². The number of nitrogens with one attached hydrogen (secondary N) is 2. The molecular weight excluding hydrogens is 392 g/mol. The topological polar surface area (TPSA) is 54.0 Å². The number of pyridine rings is 1. The van der Waals surface area contributed by atoms with Gasteiger partial charge in [0.1, 0.15) is 17.2 Å². The molecule has 25 heavy (non-hydrogen) atoms. The van der Waals surface area contributed by atoms with Crippen LogP contribution in [0.2, 0.25) is 0 Å².